The van der Waals surface area contributed by atoms with Crippen molar-refractivity contribution in [3.8, 4) is 0 Å². The Labute approximate surface area is 96.9 Å². The third-order valence-corrected chi connectivity index (χ3v) is 2.77. The minimum atomic E-state index is -0.896. The van der Waals surface area contributed by atoms with Gasteiger partial charge in [0.05, 0.1) is 12.1 Å². The number of halogens is 1. The summed E-state index contributed by atoms with van der Waals surface area (Å²) in [6, 6.07) is 2.46. The highest BCUT2D eigenvalue weighted by Gasteiger charge is 2.31. The number of pyridine rings is 1. The lowest BCUT2D eigenvalue weighted by Crippen LogP contribution is -2.30. The van der Waals surface area contributed by atoms with E-state index in [-0.39, 0.29) is 18.1 Å². The number of rotatable bonds is 2. The third-order valence-electron chi connectivity index (χ3n) is 2.77. The monoisotopic (exact) mass is 238 g/mol. The zero-order valence-corrected chi connectivity index (χ0v) is 8.97. The van der Waals surface area contributed by atoms with E-state index in [4.69, 9.17) is 5.11 Å². The molecule has 0 saturated carbocycles. The van der Waals surface area contributed by atoms with Crippen molar-refractivity contribution >= 4 is 11.9 Å². The second kappa shape index (κ2) is 4.48. The molecule has 0 aliphatic carbocycles. The summed E-state index contributed by atoms with van der Waals surface area (Å²) >= 11 is 0. The second-order valence-electron chi connectivity index (χ2n) is 3.94. The fourth-order valence-electron chi connectivity index (χ4n) is 1.81. The fraction of sp³-hybridized carbons (Fsp3) is 0.364. The number of carboxylic acid groups (broad SMARTS) is 1. The zero-order valence-electron chi connectivity index (χ0n) is 8.97. The van der Waals surface area contributed by atoms with Gasteiger partial charge in [-0.1, -0.05) is 0 Å². The number of amides is 1. The topological polar surface area (TPSA) is 70.5 Å². The smallest absolute Gasteiger partial charge is 0.308 e. The molecule has 1 saturated heterocycles. The van der Waals surface area contributed by atoms with Crippen LogP contribution in [0.5, 0.6) is 0 Å². The summed E-state index contributed by atoms with van der Waals surface area (Å²) < 4.78 is 12.6. The number of carboxylic acids is 1. The minimum absolute atomic E-state index is 0.137. The van der Waals surface area contributed by atoms with Gasteiger partial charge in [0.1, 0.15) is 11.5 Å². The highest BCUT2D eigenvalue weighted by molar-refractivity contribution is 5.92. The summed E-state index contributed by atoms with van der Waals surface area (Å²) in [5.74, 6) is -2.27. The van der Waals surface area contributed by atoms with Crippen molar-refractivity contribution in [3.05, 3.63) is 29.8 Å². The molecular formula is C11H11FN2O3. The molecule has 1 fully saturated rings. The molecule has 1 aliphatic heterocycles. The molecule has 2 rings (SSSR count). The van der Waals surface area contributed by atoms with Crippen molar-refractivity contribution < 1.29 is 19.1 Å². The van der Waals surface area contributed by atoms with E-state index in [1.807, 2.05) is 0 Å². The van der Waals surface area contributed by atoms with Gasteiger partial charge < -0.3 is 10.0 Å². The maximum Gasteiger partial charge on any atom is 0.308 e. The molecule has 2 heterocycles. The van der Waals surface area contributed by atoms with Crippen LogP contribution in [0.25, 0.3) is 0 Å². The van der Waals surface area contributed by atoms with Gasteiger partial charge in [-0.3, -0.25) is 9.59 Å². The summed E-state index contributed by atoms with van der Waals surface area (Å²) in [6.45, 7) is 0.585. The maximum atomic E-state index is 12.6. The molecule has 0 spiro atoms. The largest absolute Gasteiger partial charge is 0.481 e. The molecule has 6 heteroatoms. The van der Waals surface area contributed by atoms with E-state index in [0.717, 1.165) is 12.3 Å². The van der Waals surface area contributed by atoms with Crippen molar-refractivity contribution in [1.29, 1.82) is 0 Å². The van der Waals surface area contributed by atoms with Crippen LogP contribution >= 0.6 is 0 Å². The second-order valence-corrected chi connectivity index (χ2v) is 3.94. The Morgan fingerprint density at radius 2 is 2.24 bits per heavy atom. The maximum absolute atomic E-state index is 12.6. The zero-order chi connectivity index (χ0) is 12.4. The highest BCUT2D eigenvalue weighted by atomic mass is 19.1. The quantitative estimate of drug-likeness (QED) is 0.826. The van der Waals surface area contributed by atoms with Gasteiger partial charge >= 0.3 is 5.97 Å². The number of hydrogen-bond acceptors (Lipinski definition) is 3. The molecule has 1 aromatic rings. The van der Waals surface area contributed by atoms with Gasteiger partial charge in [-0.15, -0.1) is 0 Å². The number of likely N-dealkylation sites (tertiary alicyclic amines) is 1. The summed E-state index contributed by atoms with van der Waals surface area (Å²) in [6.07, 6.45) is 1.42. The van der Waals surface area contributed by atoms with Crippen LogP contribution in [-0.2, 0) is 4.79 Å². The Balaban J connectivity index is 2.07. The molecule has 0 bridgehead atoms. The molecule has 5 nitrogen and oxygen atoms in total. The average Bonchev–Trinajstić information content (AvgIpc) is 2.78. The van der Waals surface area contributed by atoms with E-state index < -0.39 is 17.7 Å². The molecule has 90 valence electrons. The van der Waals surface area contributed by atoms with Crippen LogP contribution < -0.4 is 0 Å². The molecular weight excluding hydrogens is 227 g/mol. The van der Waals surface area contributed by atoms with E-state index in [1.165, 1.54) is 11.0 Å². The van der Waals surface area contributed by atoms with Crippen LogP contribution in [0, 0.1) is 11.7 Å². The van der Waals surface area contributed by atoms with Crippen molar-refractivity contribution in [1.82, 2.24) is 9.88 Å². The van der Waals surface area contributed by atoms with Crippen LogP contribution in [0.4, 0.5) is 4.39 Å². The normalized spacial score (nSPS) is 19.4. The number of carbonyl (C=O) groups is 2. The van der Waals surface area contributed by atoms with Gasteiger partial charge in [-0.25, -0.2) is 9.37 Å². The summed E-state index contributed by atoms with van der Waals surface area (Å²) in [4.78, 5) is 27.7. The SMILES string of the molecule is O=C(O)C1CCN(C(=O)c2ccc(F)cn2)C1. The fourth-order valence-corrected chi connectivity index (χ4v) is 1.81. The van der Waals surface area contributed by atoms with Gasteiger partial charge in [0.15, 0.2) is 0 Å². The van der Waals surface area contributed by atoms with Crippen LogP contribution in [-0.4, -0.2) is 40.0 Å². The van der Waals surface area contributed by atoms with Crippen molar-refractivity contribution in [2.45, 2.75) is 6.42 Å². The van der Waals surface area contributed by atoms with Crippen molar-refractivity contribution in [2.75, 3.05) is 13.1 Å². The van der Waals surface area contributed by atoms with Gasteiger partial charge in [0, 0.05) is 13.1 Å². The first-order valence-corrected chi connectivity index (χ1v) is 5.21. The minimum Gasteiger partial charge on any atom is -0.481 e. The van der Waals surface area contributed by atoms with Crippen molar-refractivity contribution in [2.24, 2.45) is 5.92 Å². The molecule has 0 aromatic carbocycles. The third kappa shape index (κ3) is 2.41. The summed E-state index contributed by atoms with van der Waals surface area (Å²) in [5, 5.41) is 8.82. The first-order chi connectivity index (χ1) is 8.08. The Hall–Kier alpha value is -1.98. The lowest BCUT2D eigenvalue weighted by molar-refractivity contribution is -0.141. The van der Waals surface area contributed by atoms with E-state index in [9.17, 15) is 14.0 Å². The van der Waals surface area contributed by atoms with Crippen LogP contribution in [0.2, 0.25) is 0 Å². The first kappa shape index (κ1) is 11.5. The number of carbonyl (C=O) groups excluding carboxylic acids is 1. The molecule has 0 radical (unpaired) electrons. The lowest BCUT2D eigenvalue weighted by Gasteiger charge is -2.14. The van der Waals surface area contributed by atoms with E-state index in [0.29, 0.717) is 13.0 Å². The van der Waals surface area contributed by atoms with Crippen LogP contribution in [0.3, 0.4) is 0 Å². The number of nitrogens with zero attached hydrogens (tertiary/aromatic N) is 2. The molecule has 1 amide bonds. The molecule has 1 unspecified atom stereocenters. The number of aromatic nitrogens is 1. The van der Waals surface area contributed by atoms with Crippen molar-refractivity contribution in [3.63, 3.8) is 0 Å². The van der Waals surface area contributed by atoms with E-state index in [2.05, 4.69) is 4.98 Å². The molecule has 1 aliphatic rings. The summed E-state index contributed by atoms with van der Waals surface area (Å²) in [7, 11) is 0. The van der Waals surface area contributed by atoms with E-state index >= 15 is 0 Å². The molecule has 1 N–H and O–H groups in total. The molecule has 1 atom stereocenters. The van der Waals surface area contributed by atoms with E-state index in [1.54, 1.807) is 0 Å². The van der Waals surface area contributed by atoms with Crippen LogP contribution in [0.15, 0.2) is 18.3 Å². The predicted octanol–water partition coefficient (Wildman–Crippen LogP) is 0.767. The van der Waals surface area contributed by atoms with Gasteiger partial charge in [0.2, 0.25) is 0 Å². The molecule has 17 heavy (non-hydrogen) atoms. The van der Waals surface area contributed by atoms with Crippen LogP contribution in [0.1, 0.15) is 16.9 Å². The van der Waals surface area contributed by atoms with Gasteiger partial charge in [-0.2, -0.15) is 0 Å². The lowest BCUT2D eigenvalue weighted by atomic mass is 10.1. The Kier molecular flexibility index (Phi) is 3.03. The standard InChI is InChI=1S/C11H11FN2O3/c12-8-1-2-9(13-5-8)10(15)14-4-3-7(6-14)11(16)17/h1-2,5,7H,3-4,6H2,(H,16,17). The Morgan fingerprint density at radius 1 is 1.47 bits per heavy atom. The Morgan fingerprint density at radius 3 is 2.76 bits per heavy atom. The number of hydrogen-bond donors (Lipinski definition) is 1. The predicted molar refractivity (Wildman–Crippen MR) is 55.8 cm³/mol. The van der Waals surface area contributed by atoms with Gasteiger partial charge in [-0.05, 0) is 18.6 Å². The average molecular weight is 238 g/mol. The van der Waals surface area contributed by atoms with Gasteiger partial charge in [0.25, 0.3) is 5.91 Å². The Bertz CT molecular complexity index is 447. The molecule has 1 aromatic heterocycles. The summed E-state index contributed by atoms with van der Waals surface area (Å²) in [5.41, 5.74) is 0.137. The number of aliphatic carboxylic acids is 1. The first-order valence-electron chi connectivity index (χ1n) is 5.21. The highest BCUT2D eigenvalue weighted by Crippen LogP contribution is 2.18.